The molecule has 0 spiro atoms. The molecule has 0 saturated heterocycles. The van der Waals surface area contributed by atoms with Crippen molar-refractivity contribution in [1.29, 1.82) is 0 Å². The first-order chi connectivity index (χ1) is 8.54. The number of hydrogen-bond acceptors (Lipinski definition) is 6. The fourth-order valence-corrected chi connectivity index (χ4v) is 1.36. The number of carbonyl (C=O) groups is 1. The van der Waals surface area contributed by atoms with Crippen molar-refractivity contribution in [3.63, 3.8) is 0 Å². The van der Waals surface area contributed by atoms with Gasteiger partial charge in [0.2, 0.25) is 5.89 Å². The average molecular weight is 251 g/mol. The zero-order valence-corrected chi connectivity index (χ0v) is 10.1. The Morgan fingerprint density at radius 2 is 2.33 bits per heavy atom. The molecule has 0 aliphatic heterocycles. The molecule has 0 fully saturated rings. The summed E-state index contributed by atoms with van der Waals surface area (Å²) in [4.78, 5) is 14.7. The Morgan fingerprint density at radius 3 is 2.94 bits per heavy atom. The van der Waals surface area contributed by atoms with E-state index in [2.05, 4.69) is 20.5 Å². The van der Waals surface area contributed by atoms with Crippen LogP contribution in [0.3, 0.4) is 0 Å². The van der Waals surface area contributed by atoms with Crippen LogP contribution in [-0.2, 0) is 17.8 Å². The number of aliphatic carboxylic acids is 1. The van der Waals surface area contributed by atoms with Gasteiger partial charge in [0.15, 0.2) is 5.82 Å². The summed E-state index contributed by atoms with van der Waals surface area (Å²) in [6, 6.07) is 0. The van der Waals surface area contributed by atoms with Crippen molar-refractivity contribution in [2.45, 2.75) is 32.7 Å². The lowest BCUT2D eigenvalue weighted by atomic mass is 10.2. The van der Waals surface area contributed by atoms with Gasteiger partial charge in [0.25, 0.3) is 0 Å². The van der Waals surface area contributed by atoms with Crippen LogP contribution in [0, 0.1) is 0 Å². The first-order valence-electron chi connectivity index (χ1n) is 5.48. The predicted molar refractivity (Wildman–Crippen MR) is 58.9 cm³/mol. The number of nitrogens with zero attached hydrogens (tertiary/aromatic N) is 5. The summed E-state index contributed by atoms with van der Waals surface area (Å²) < 4.78 is 6.53. The van der Waals surface area contributed by atoms with Crippen LogP contribution in [-0.4, -0.2) is 36.2 Å². The number of carboxylic acids is 1. The summed E-state index contributed by atoms with van der Waals surface area (Å²) >= 11 is 0. The van der Waals surface area contributed by atoms with E-state index in [1.54, 1.807) is 6.20 Å². The maximum atomic E-state index is 10.5. The van der Waals surface area contributed by atoms with Crippen molar-refractivity contribution in [3.8, 4) is 0 Å². The monoisotopic (exact) mass is 251 g/mol. The molecule has 0 bridgehead atoms. The number of rotatable bonds is 5. The minimum Gasteiger partial charge on any atom is -0.481 e. The Bertz CT molecular complexity index is 545. The molecule has 96 valence electrons. The average Bonchev–Trinajstić information content (AvgIpc) is 2.88. The van der Waals surface area contributed by atoms with E-state index in [4.69, 9.17) is 9.63 Å². The molecule has 0 atom stereocenters. The maximum absolute atomic E-state index is 10.5. The quantitative estimate of drug-likeness (QED) is 0.822. The molecule has 1 N–H and O–H groups in total. The van der Waals surface area contributed by atoms with Gasteiger partial charge in [-0.3, -0.25) is 4.79 Å². The summed E-state index contributed by atoms with van der Waals surface area (Å²) in [5.74, 6) is 0.287. The summed E-state index contributed by atoms with van der Waals surface area (Å²) in [7, 11) is 0. The van der Waals surface area contributed by atoms with Gasteiger partial charge in [-0.2, -0.15) is 4.98 Å². The Labute approximate surface area is 103 Å². The van der Waals surface area contributed by atoms with Gasteiger partial charge < -0.3 is 9.63 Å². The summed E-state index contributed by atoms with van der Waals surface area (Å²) in [6.45, 7) is 4.22. The minimum absolute atomic E-state index is 0.149. The third-order valence-corrected chi connectivity index (χ3v) is 2.20. The predicted octanol–water partition coefficient (Wildman–Crippen LogP) is 0.460. The minimum atomic E-state index is -0.941. The normalized spacial score (nSPS) is 11.1. The Morgan fingerprint density at radius 1 is 1.56 bits per heavy atom. The molecule has 2 aromatic heterocycles. The lowest BCUT2D eigenvalue weighted by Crippen LogP contribution is -2.02. The van der Waals surface area contributed by atoms with Gasteiger partial charge in [-0.05, 0) is 0 Å². The molecule has 2 rings (SSSR count). The third kappa shape index (κ3) is 2.90. The van der Waals surface area contributed by atoms with Crippen LogP contribution in [0.15, 0.2) is 10.7 Å². The maximum Gasteiger partial charge on any atom is 0.309 e. The standard InChI is InChI=1S/C10H13N5O3/c1-6(2)10-11-8(13-18-10)5-15-4-7(12-14-15)3-9(16)17/h4,6H,3,5H2,1-2H3,(H,16,17). The molecule has 0 amide bonds. The molecular weight excluding hydrogens is 238 g/mol. The fraction of sp³-hybridized carbons (Fsp3) is 0.500. The van der Waals surface area contributed by atoms with Crippen molar-refractivity contribution in [1.82, 2.24) is 25.1 Å². The second-order valence-corrected chi connectivity index (χ2v) is 4.18. The molecule has 0 aliphatic carbocycles. The molecule has 0 aromatic carbocycles. The van der Waals surface area contributed by atoms with Gasteiger partial charge in [0.05, 0.1) is 12.1 Å². The van der Waals surface area contributed by atoms with Crippen LogP contribution in [0.2, 0.25) is 0 Å². The first-order valence-corrected chi connectivity index (χ1v) is 5.48. The highest BCUT2D eigenvalue weighted by molar-refractivity contribution is 5.69. The second kappa shape index (κ2) is 4.94. The topological polar surface area (TPSA) is 107 Å². The third-order valence-electron chi connectivity index (χ3n) is 2.20. The highest BCUT2D eigenvalue weighted by Gasteiger charge is 2.11. The van der Waals surface area contributed by atoms with Crippen LogP contribution >= 0.6 is 0 Å². The zero-order chi connectivity index (χ0) is 13.1. The number of aromatic nitrogens is 5. The first kappa shape index (κ1) is 12.2. The smallest absolute Gasteiger partial charge is 0.309 e. The molecule has 0 saturated carbocycles. The van der Waals surface area contributed by atoms with Crippen LogP contribution in [0.25, 0.3) is 0 Å². The van der Waals surface area contributed by atoms with Crippen molar-refractivity contribution < 1.29 is 14.4 Å². The molecule has 8 nitrogen and oxygen atoms in total. The molecule has 0 aliphatic rings. The van der Waals surface area contributed by atoms with Gasteiger partial charge >= 0.3 is 5.97 Å². The van der Waals surface area contributed by atoms with E-state index >= 15 is 0 Å². The summed E-state index contributed by atoms with van der Waals surface area (Å²) in [5, 5.41) is 20.0. The van der Waals surface area contributed by atoms with Crippen molar-refractivity contribution in [2.24, 2.45) is 0 Å². The van der Waals surface area contributed by atoms with Crippen molar-refractivity contribution >= 4 is 5.97 Å². The van der Waals surface area contributed by atoms with Gasteiger partial charge in [-0.25, -0.2) is 4.68 Å². The molecular formula is C10H13N5O3. The van der Waals surface area contributed by atoms with E-state index in [-0.39, 0.29) is 12.3 Å². The Hall–Kier alpha value is -2.25. The van der Waals surface area contributed by atoms with Crippen molar-refractivity contribution in [3.05, 3.63) is 23.6 Å². The van der Waals surface area contributed by atoms with E-state index in [9.17, 15) is 4.79 Å². The summed E-state index contributed by atoms with van der Waals surface area (Å²) in [6.07, 6.45) is 1.41. The number of hydrogen-bond donors (Lipinski definition) is 1. The molecule has 18 heavy (non-hydrogen) atoms. The van der Waals surface area contributed by atoms with E-state index in [1.807, 2.05) is 13.8 Å². The SMILES string of the molecule is CC(C)c1nc(Cn2cc(CC(=O)O)nn2)no1. The highest BCUT2D eigenvalue weighted by Crippen LogP contribution is 2.11. The molecule has 8 heteroatoms. The van der Waals surface area contributed by atoms with Gasteiger partial charge in [-0.15, -0.1) is 5.10 Å². The van der Waals surface area contributed by atoms with Gasteiger partial charge in [-0.1, -0.05) is 24.2 Å². The van der Waals surface area contributed by atoms with Crippen LogP contribution < -0.4 is 0 Å². The van der Waals surface area contributed by atoms with Crippen LogP contribution in [0.1, 0.15) is 37.2 Å². The van der Waals surface area contributed by atoms with Gasteiger partial charge in [0.1, 0.15) is 6.54 Å². The molecule has 2 heterocycles. The number of carboxylic acid groups (broad SMARTS) is 1. The summed E-state index contributed by atoms with van der Waals surface area (Å²) in [5.41, 5.74) is 0.398. The second-order valence-electron chi connectivity index (χ2n) is 4.18. The lowest BCUT2D eigenvalue weighted by molar-refractivity contribution is -0.136. The fourth-order valence-electron chi connectivity index (χ4n) is 1.36. The van der Waals surface area contributed by atoms with Crippen molar-refractivity contribution in [2.75, 3.05) is 0 Å². The van der Waals surface area contributed by atoms with Gasteiger partial charge in [0, 0.05) is 12.1 Å². The molecule has 0 unspecified atom stereocenters. The van der Waals surface area contributed by atoms with E-state index in [1.165, 1.54) is 4.68 Å². The molecule has 0 radical (unpaired) electrons. The van der Waals surface area contributed by atoms with Crippen LogP contribution in [0.5, 0.6) is 0 Å². The van der Waals surface area contributed by atoms with E-state index < -0.39 is 5.97 Å². The van der Waals surface area contributed by atoms with Crippen LogP contribution in [0.4, 0.5) is 0 Å². The van der Waals surface area contributed by atoms with E-state index in [0.29, 0.717) is 24.0 Å². The zero-order valence-electron chi connectivity index (χ0n) is 10.1. The van der Waals surface area contributed by atoms with E-state index in [0.717, 1.165) is 0 Å². The lowest BCUT2D eigenvalue weighted by Gasteiger charge is -1.93. The Kier molecular flexibility index (Phi) is 3.35. The largest absolute Gasteiger partial charge is 0.481 e. The highest BCUT2D eigenvalue weighted by atomic mass is 16.5. The Balaban J connectivity index is 2.04. The molecule has 2 aromatic rings.